The largest absolute Gasteiger partial charge is 0.480 e. The maximum atomic E-state index is 11.6. The van der Waals surface area contributed by atoms with Gasteiger partial charge in [0.2, 0.25) is 0 Å². The Morgan fingerprint density at radius 2 is 2.12 bits per heavy atom. The number of aliphatic carboxylic acids is 1. The van der Waals surface area contributed by atoms with Crippen LogP contribution in [0.1, 0.15) is 47.6 Å². The number of nitrogens with one attached hydrogen (secondary N) is 1. The second-order valence-electron chi connectivity index (χ2n) is 7.14. The summed E-state index contributed by atoms with van der Waals surface area (Å²) in [4.78, 5) is 24.8. The molecule has 2 aliphatic rings. The van der Waals surface area contributed by atoms with Gasteiger partial charge in [-0.15, -0.1) is 0 Å². The summed E-state index contributed by atoms with van der Waals surface area (Å²) in [6.45, 7) is 3.34. The number of aryl methyl sites for hydroxylation is 1. The maximum Gasteiger partial charge on any atom is 0.341 e. The highest BCUT2D eigenvalue weighted by molar-refractivity contribution is 5.90. The van der Waals surface area contributed by atoms with Gasteiger partial charge < -0.3 is 19.6 Å². The van der Waals surface area contributed by atoms with Crippen molar-refractivity contribution in [3.05, 3.63) is 23.2 Å². The van der Waals surface area contributed by atoms with Crippen molar-refractivity contribution in [2.24, 2.45) is 5.92 Å². The van der Waals surface area contributed by atoms with Crippen LogP contribution in [0.2, 0.25) is 0 Å². The molecule has 3 rings (SSSR count). The van der Waals surface area contributed by atoms with Crippen LogP contribution in [0.25, 0.3) is 0 Å². The number of hydrogen-bond acceptors (Lipinski definition) is 6. The predicted octanol–water partition coefficient (Wildman–Crippen LogP) is 1.79. The van der Waals surface area contributed by atoms with E-state index >= 15 is 0 Å². The molecule has 0 spiro atoms. The Labute approximate surface area is 147 Å². The van der Waals surface area contributed by atoms with E-state index in [1.165, 1.54) is 20.0 Å². The molecule has 2 aliphatic carbocycles. The van der Waals surface area contributed by atoms with Crippen LogP contribution in [-0.2, 0) is 16.1 Å². The number of carboxylic acid groups (broad SMARTS) is 1. The van der Waals surface area contributed by atoms with E-state index in [0.717, 1.165) is 19.4 Å². The number of carbonyl (C=O) groups excluding carboxylic acids is 1. The average molecular weight is 350 g/mol. The number of rotatable bonds is 9. The van der Waals surface area contributed by atoms with Gasteiger partial charge >= 0.3 is 11.9 Å². The fourth-order valence-corrected chi connectivity index (χ4v) is 3.39. The summed E-state index contributed by atoms with van der Waals surface area (Å²) in [5, 5.41) is 12.5. The lowest BCUT2D eigenvalue weighted by Crippen LogP contribution is -2.54. The van der Waals surface area contributed by atoms with Crippen molar-refractivity contribution in [2.75, 3.05) is 20.2 Å². The smallest absolute Gasteiger partial charge is 0.341 e. The molecule has 0 saturated heterocycles. The van der Waals surface area contributed by atoms with Crippen LogP contribution in [0.15, 0.2) is 10.5 Å². The Bertz CT molecular complexity index is 631. The molecule has 0 atom stereocenters. The average Bonchev–Trinajstić information content (AvgIpc) is 3.25. The topological polar surface area (TPSA) is 92.0 Å². The quantitative estimate of drug-likeness (QED) is 0.656. The zero-order valence-electron chi connectivity index (χ0n) is 14.8. The molecule has 25 heavy (non-hydrogen) atoms. The van der Waals surface area contributed by atoms with Crippen LogP contribution < -0.4 is 5.32 Å². The van der Waals surface area contributed by atoms with E-state index in [0.29, 0.717) is 41.6 Å². The molecule has 0 bridgehead atoms. The first-order valence-electron chi connectivity index (χ1n) is 8.83. The summed E-state index contributed by atoms with van der Waals surface area (Å²) in [5.41, 5.74) is 0.461. The van der Waals surface area contributed by atoms with Crippen molar-refractivity contribution < 1.29 is 23.8 Å². The predicted molar refractivity (Wildman–Crippen MR) is 90.4 cm³/mol. The fraction of sp³-hybridized carbons (Fsp3) is 0.667. The van der Waals surface area contributed by atoms with Crippen molar-refractivity contribution in [1.29, 1.82) is 0 Å². The lowest BCUT2D eigenvalue weighted by molar-refractivity contribution is -0.139. The number of hydrogen-bond donors (Lipinski definition) is 2. The van der Waals surface area contributed by atoms with E-state index in [2.05, 4.69) is 10.2 Å². The Hall–Kier alpha value is -1.86. The minimum atomic E-state index is -0.751. The maximum absolute atomic E-state index is 11.6. The molecule has 1 aromatic rings. The van der Waals surface area contributed by atoms with E-state index < -0.39 is 5.97 Å². The molecule has 0 unspecified atom stereocenters. The molecule has 1 aromatic heterocycles. The van der Waals surface area contributed by atoms with Crippen LogP contribution >= 0.6 is 0 Å². The molecule has 0 aromatic carbocycles. The third-order valence-corrected chi connectivity index (χ3v) is 5.10. The van der Waals surface area contributed by atoms with Crippen molar-refractivity contribution in [2.45, 2.75) is 51.2 Å². The molecule has 2 fully saturated rings. The number of carboxylic acids is 1. The molecule has 0 aliphatic heterocycles. The Morgan fingerprint density at radius 1 is 1.40 bits per heavy atom. The van der Waals surface area contributed by atoms with Crippen LogP contribution in [0.4, 0.5) is 0 Å². The number of ether oxygens (including phenoxy) is 1. The third-order valence-electron chi connectivity index (χ3n) is 5.10. The molecular weight excluding hydrogens is 324 g/mol. The van der Waals surface area contributed by atoms with Crippen molar-refractivity contribution in [1.82, 2.24) is 10.2 Å². The van der Waals surface area contributed by atoms with E-state index in [-0.39, 0.29) is 12.5 Å². The molecular formula is C18H26N2O5. The summed E-state index contributed by atoms with van der Waals surface area (Å²) < 4.78 is 10.3. The number of methoxy groups -OCH3 is 1. The van der Waals surface area contributed by atoms with Gasteiger partial charge in [0.1, 0.15) is 17.1 Å². The Balaban J connectivity index is 1.45. The summed E-state index contributed by atoms with van der Waals surface area (Å²) >= 11 is 0. The summed E-state index contributed by atoms with van der Waals surface area (Å²) in [5.74, 6) is 0.821. The number of esters is 1. The first kappa shape index (κ1) is 17.9. The van der Waals surface area contributed by atoms with Gasteiger partial charge in [0.15, 0.2) is 0 Å². The molecule has 138 valence electrons. The summed E-state index contributed by atoms with van der Waals surface area (Å²) in [7, 11) is 1.35. The highest BCUT2D eigenvalue weighted by atomic mass is 16.5. The monoisotopic (exact) mass is 350 g/mol. The number of nitrogens with zero attached hydrogens (tertiary/aromatic N) is 1. The zero-order valence-corrected chi connectivity index (χ0v) is 14.8. The summed E-state index contributed by atoms with van der Waals surface area (Å²) in [6, 6.07) is 2.42. The first-order valence-corrected chi connectivity index (χ1v) is 8.83. The van der Waals surface area contributed by atoms with Gasteiger partial charge in [0.25, 0.3) is 0 Å². The van der Waals surface area contributed by atoms with Crippen LogP contribution in [0, 0.1) is 12.8 Å². The van der Waals surface area contributed by atoms with Crippen molar-refractivity contribution in [3.63, 3.8) is 0 Å². The molecule has 0 amide bonds. The van der Waals surface area contributed by atoms with E-state index in [9.17, 15) is 9.59 Å². The third kappa shape index (κ3) is 4.61. The zero-order chi connectivity index (χ0) is 18.0. The van der Waals surface area contributed by atoms with E-state index in [1.54, 1.807) is 13.0 Å². The van der Waals surface area contributed by atoms with E-state index in [4.69, 9.17) is 14.3 Å². The lowest BCUT2D eigenvalue weighted by Gasteiger charge is -2.42. The van der Waals surface area contributed by atoms with Gasteiger partial charge in [-0.1, -0.05) is 0 Å². The Kier molecular flexibility index (Phi) is 5.44. The second-order valence-corrected chi connectivity index (χ2v) is 7.14. The highest BCUT2D eigenvalue weighted by Gasteiger charge is 2.37. The van der Waals surface area contributed by atoms with Crippen LogP contribution in [0.3, 0.4) is 0 Å². The summed E-state index contributed by atoms with van der Waals surface area (Å²) in [6.07, 6.45) is 4.35. The fourth-order valence-electron chi connectivity index (χ4n) is 3.39. The van der Waals surface area contributed by atoms with Gasteiger partial charge in [-0.25, -0.2) is 4.79 Å². The molecule has 1 heterocycles. The molecule has 2 N–H and O–H groups in total. The number of carbonyl (C=O) groups is 2. The van der Waals surface area contributed by atoms with E-state index in [1.807, 2.05) is 0 Å². The van der Waals surface area contributed by atoms with Crippen molar-refractivity contribution in [3.8, 4) is 0 Å². The van der Waals surface area contributed by atoms with Gasteiger partial charge in [0, 0.05) is 18.6 Å². The SMILES string of the molecule is COC(=O)c1cc(CNC2CC(N(CC(=O)O)CC3CC3)C2)oc1C. The van der Waals surface area contributed by atoms with Gasteiger partial charge in [-0.2, -0.15) is 0 Å². The highest BCUT2D eigenvalue weighted by Crippen LogP contribution is 2.33. The molecule has 0 radical (unpaired) electrons. The second kappa shape index (κ2) is 7.58. The van der Waals surface area contributed by atoms with Crippen LogP contribution in [0.5, 0.6) is 0 Å². The van der Waals surface area contributed by atoms with Gasteiger partial charge in [-0.05, 0) is 44.6 Å². The van der Waals surface area contributed by atoms with Gasteiger partial charge in [-0.3, -0.25) is 9.69 Å². The van der Waals surface area contributed by atoms with Crippen molar-refractivity contribution >= 4 is 11.9 Å². The number of furan rings is 1. The van der Waals surface area contributed by atoms with Crippen LogP contribution in [-0.4, -0.2) is 54.2 Å². The normalized spacial score (nSPS) is 22.7. The minimum absolute atomic E-state index is 0.133. The lowest BCUT2D eigenvalue weighted by atomic mass is 9.85. The first-order chi connectivity index (χ1) is 12.0. The standard InChI is InChI=1S/C18H26N2O5/c1-11-16(18(23)24-2)7-15(25-11)8-19-13-5-14(6-13)20(10-17(21)22)9-12-3-4-12/h7,12-14,19H,3-6,8-10H2,1-2H3,(H,21,22). The molecule has 7 heteroatoms. The van der Waals surface area contributed by atoms with Gasteiger partial charge in [0.05, 0.1) is 20.2 Å². The molecule has 7 nitrogen and oxygen atoms in total. The minimum Gasteiger partial charge on any atom is -0.480 e. The molecule has 2 saturated carbocycles. The Morgan fingerprint density at radius 3 is 2.72 bits per heavy atom.